The van der Waals surface area contributed by atoms with E-state index in [4.69, 9.17) is 5.11 Å². The lowest BCUT2D eigenvalue weighted by atomic mass is 10.1. The lowest BCUT2D eigenvalue weighted by Gasteiger charge is -2.16. The Morgan fingerprint density at radius 2 is 1.89 bits per heavy atom. The molecule has 0 saturated carbocycles. The normalized spacial score (nSPS) is 11.7. The molecule has 0 aliphatic carbocycles. The number of carbonyl (C=O) groups is 1. The number of halogens is 3. The van der Waals surface area contributed by atoms with Crippen LogP contribution in [0.3, 0.4) is 0 Å². The van der Waals surface area contributed by atoms with Crippen LogP contribution < -0.4 is 5.43 Å². The molecule has 0 bridgehead atoms. The van der Waals surface area contributed by atoms with Gasteiger partial charge < -0.3 is 9.67 Å². The molecule has 0 fully saturated rings. The van der Waals surface area contributed by atoms with Crippen molar-refractivity contribution in [2.75, 3.05) is 0 Å². The van der Waals surface area contributed by atoms with Crippen molar-refractivity contribution < 1.29 is 23.1 Å². The zero-order valence-corrected chi connectivity index (χ0v) is 9.44. The second kappa shape index (κ2) is 4.42. The molecule has 4 nitrogen and oxygen atoms in total. The van der Waals surface area contributed by atoms with Gasteiger partial charge in [-0.2, -0.15) is 13.2 Å². The zero-order chi connectivity index (χ0) is 14.2. The van der Waals surface area contributed by atoms with Gasteiger partial charge in [-0.1, -0.05) is 12.1 Å². The summed E-state index contributed by atoms with van der Waals surface area (Å²) in [6.07, 6.45) is -4.58. The van der Waals surface area contributed by atoms with Crippen molar-refractivity contribution in [2.24, 2.45) is 0 Å². The van der Waals surface area contributed by atoms with E-state index in [0.29, 0.717) is 10.6 Å². The van der Waals surface area contributed by atoms with Crippen LogP contribution in [-0.2, 0) is 6.54 Å². The zero-order valence-electron chi connectivity index (χ0n) is 9.44. The Hall–Kier alpha value is -2.31. The molecule has 0 amide bonds. The molecule has 0 radical (unpaired) electrons. The number of para-hydroxylation sites is 1. The van der Waals surface area contributed by atoms with E-state index in [9.17, 15) is 22.8 Å². The summed E-state index contributed by atoms with van der Waals surface area (Å²) < 4.78 is 38.1. The van der Waals surface area contributed by atoms with Crippen LogP contribution in [0.15, 0.2) is 35.1 Å². The van der Waals surface area contributed by atoms with Crippen molar-refractivity contribution >= 4 is 16.9 Å². The van der Waals surface area contributed by atoms with Gasteiger partial charge in [-0.05, 0) is 12.1 Å². The first-order valence-electron chi connectivity index (χ1n) is 5.22. The van der Waals surface area contributed by atoms with E-state index in [-0.39, 0.29) is 10.9 Å². The molecule has 100 valence electrons. The number of fused-ring (bicyclic) bond motifs is 1. The van der Waals surface area contributed by atoms with E-state index in [1.807, 2.05) is 0 Å². The number of benzene rings is 1. The molecule has 1 heterocycles. The fourth-order valence-corrected chi connectivity index (χ4v) is 1.85. The molecular weight excluding hydrogens is 263 g/mol. The van der Waals surface area contributed by atoms with Crippen molar-refractivity contribution in [3.63, 3.8) is 0 Å². The number of aromatic nitrogens is 1. The SMILES string of the molecule is O=C(O)c1cc(=O)c2ccccc2n1CC(F)(F)F. The number of carboxylic acids is 1. The standard InChI is InChI=1S/C12H8F3NO3/c13-12(14,15)6-16-8-4-2-1-3-7(8)10(17)5-9(16)11(18)19/h1-5H,6H2,(H,18,19). The Balaban J connectivity index is 2.83. The van der Waals surface area contributed by atoms with Gasteiger partial charge in [-0.3, -0.25) is 4.79 Å². The summed E-state index contributed by atoms with van der Waals surface area (Å²) >= 11 is 0. The number of nitrogens with zero attached hydrogens (tertiary/aromatic N) is 1. The van der Waals surface area contributed by atoms with Crippen LogP contribution in [0.1, 0.15) is 10.5 Å². The van der Waals surface area contributed by atoms with Crippen LogP contribution in [0.4, 0.5) is 13.2 Å². The number of carboxylic acid groups (broad SMARTS) is 1. The highest BCUT2D eigenvalue weighted by atomic mass is 19.4. The highest BCUT2D eigenvalue weighted by Crippen LogP contribution is 2.22. The largest absolute Gasteiger partial charge is 0.477 e. The molecule has 2 aromatic rings. The molecule has 1 aromatic carbocycles. The molecule has 0 aliphatic heterocycles. The summed E-state index contributed by atoms with van der Waals surface area (Å²) in [4.78, 5) is 22.6. The van der Waals surface area contributed by atoms with Gasteiger partial charge in [0.2, 0.25) is 0 Å². The molecule has 0 unspecified atom stereocenters. The summed E-state index contributed by atoms with van der Waals surface area (Å²) in [6, 6.07) is 6.30. The van der Waals surface area contributed by atoms with Crippen LogP contribution in [-0.4, -0.2) is 21.8 Å². The van der Waals surface area contributed by atoms with E-state index in [1.54, 1.807) is 0 Å². The highest BCUT2D eigenvalue weighted by molar-refractivity contribution is 5.90. The van der Waals surface area contributed by atoms with Gasteiger partial charge in [0.25, 0.3) is 0 Å². The van der Waals surface area contributed by atoms with E-state index in [1.165, 1.54) is 24.3 Å². The van der Waals surface area contributed by atoms with Gasteiger partial charge in [0, 0.05) is 11.5 Å². The first kappa shape index (κ1) is 13.1. The average molecular weight is 271 g/mol. The summed E-state index contributed by atoms with van der Waals surface area (Å²) in [5, 5.41) is 8.97. The van der Waals surface area contributed by atoms with E-state index >= 15 is 0 Å². The van der Waals surface area contributed by atoms with Gasteiger partial charge in [-0.25, -0.2) is 4.79 Å². The third-order valence-electron chi connectivity index (χ3n) is 2.58. The van der Waals surface area contributed by atoms with Gasteiger partial charge in [-0.15, -0.1) is 0 Å². The topological polar surface area (TPSA) is 59.3 Å². The third kappa shape index (κ3) is 2.59. The quantitative estimate of drug-likeness (QED) is 0.911. The lowest BCUT2D eigenvalue weighted by molar-refractivity contribution is -0.140. The fourth-order valence-electron chi connectivity index (χ4n) is 1.85. The minimum absolute atomic E-state index is 0.0512. The van der Waals surface area contributed by atoms with Crippen molar-refractivity contribution in [3.05, 3.63) is 46.2 Å². The lowest BCUT2D eigenvalue weighted by Crippen LogP contribution is -2.25. The first-order valence-corrected chi connectivity index (χ1v) is 5.22. The molecule has 0 spiro atoms. The molecule has 7 heteroatoms. The van der Waals surface area contributed by atoms with Crippen molar-refractivity contribution in [3.8, 4) is 0 Å². The average Bonchev–Trinajstić information content (AvgIpc) is 2.31. The molecule has 2 rings (SSSR count). The fraction of sp³-hybridized carbons (Fsp3) is 0.167. The van der Waals surface area contributed by atoms with Gasteiger partial charge in [0.1, 0.15) is 12.2 Å². The molecule has 0 atom stereocenters. The number of rotatable bonds is 2. The van der Waals surface area contributed by atoms with Crippen LogP contribution in [0, 0.1) is 0 Å². The second-order valence-corrected chi connectivity index (χ2v) is 3.92. The Kier molecular flexibility index (Phi) is 3.05. The highest BCUT2D eigenvalue weighted by Gasteiger charge is 2.30. The molecular formula is C12H8F3NO3. The Labute approximate surface area is 104 Å². The van der Waals surface area contributed by atoms with Gasteiger partial charge in [0.15, 0.2) is 5.43 Å². The monoisotopic (exact) mass is 271 g/mol. The Morgan fingerprint density at radius 1 is 1.26 bits per heavy atom. The summed E-state index contributed by atoms with van der Waals surface area (Å²) in [7, 11) is 0. The van der Waals surface area contributed by atoms with Crippen LogP contribution in [0.2, 0.25) is 0 Å². The summed E-state index contributed by atoms with van der Waals surface area (Å²) in [6.45, 7) is -1.46. The summed E-state index contributed by atoms with van der Waals surface area (Å²) in [5.74, 6) is -1.58. The van der Waals surface area contributed by atoms with Crippen molar-refractivity contribution in [2.45, 2.75) is 12.7 Å². The minimum Gasteiger partial charge on any atom is -0.477 e. The van der Waals surface area contributed by atoms with Crippen LogP contribution >= 0.6 is 0 Å². The first-order chi connectivity index (χ1) is 8.79. The Morgan fingerprint density at radius 3 is 2.47 bits per heavy atom. The number of alkyl halides is 3. The van der Waals surface area contributed by atoms with E-state index in [0.717, 1.165) is 0 Å². The van der Waals surface area contributed by atoms with E-state index in [2.05, 4.69) is 0 Å². The van der Waals surface area contributed by atoms with Gasteiger partial charge in [0.05, 0.1) is 5.52 Å². The van der Waals surface area contributed by atoms with Crippen LogP contribution in [0.25, 0.3) is 10.9 Å². The smallest absolute Gasteiger partial charge is 0.406 e. The molecule has 1 N–H and O–H groups in total. The maximum absolute atomic E-state index is 12.5. The van der Waals surface area contributed by atoms with E-state index < -0.39 is 29.8 Å². The number of pyridine rings is 1. The molecule has 19 heavy (non-hydrogen) atoms. The van der Waals surface area contributed by atoms with Crippen LogP contribution in [0.5, 0.6) is 0 Å². The molecule has 0 aliphatic rings. The maximum Gasteiger partial charge on any atom is 0.406 e. The Bertz CT molecular complexity index is 703. The summed E-state index contributed by atoms with van der Waals surface area (Å²) in [5.41, 5.74) is -1.35. The van der Waals surface area contributed by atoms with Crippen molar-refractivity contribution in [1.29, 1.82) is 0 Å². The maximum atomic E-state index is 12.5. The predicted octanol–water partition coefficient (Wildman–Crippen LogP) is 2.26. The number of hydrogen-bond acceptors (Lipinski definition) is 2. The minimum atomic E-state index is -4.58. The molecule has 0 saturated heterocycles. The van der Waals surface area contributed by atoms with Crippen molar-refractivity contribution in [1.82, 2.24) is 4.57 Å². The second-order valence-electron chi connectivity index (χ2n) is 3.92. The number of hydrogen-bond donors (Lipinski definition) is 1. The van der Waals surface area contributed by atoms with Gasteiger partial charge >= 0.3 is 12.1 Å². The predicted molar refractivity (Wildman–Crippen MR) is 61.2 cm³/mol. The number of aromatic carboxylic acids is 1. The molecule has 1 aromatic heterocycles. The third-order valence-corrected chi connectivity index (χ3v) is 2.58.